The van der Waals surface area contributed by atoms with Crippen molar-refractivity contribution in [3.63, 3.8) is 0 Å². The van der Waals surface area contributed by atoms with Gasteiger partial charge in [0.05, 0.1) is 30.9 Å². The highest BCUT2D eigenvalue weighted by Gasteiger charge is 2.16. The third-order valence-corrected chi connectivity index (χ3v) is 3.44. The van der Waals surface area contributed by atoms with E-state index in [0.717, 1.165) is 5.56 Å². The molecular formula is C18H18N2O6. The summed E-state index contributed by atoms with van der Waals surface area (Å²) < 4.78 is 15.6. The number of carbonyl (C=O) groups excluding carboxylic acids is 1. The van der Waals surface area contributed by atoms with Crippen LogP contribution < -0.4 is 19.5 Å². The summed E-state index contributed by atoms with van der Waals surface area (Å²) in [6, 6.07) is 8.98. The van der Waals surface area contributed by atoms with Gasteiger partial charge in [-0.1, -0.05) is 12.1 Å². The number of rotatable bonds is 7. The van der Waals surface area contributed by atoms with E-state index in [2.05, 4.69) is 11.9 Å². The summed E-state index contributed by atoms with van der Waals surface area (Å²) in [4.78, 5) is 22.4. The monoisotopic (exact) mass is 358 g/mol. The highest BCUT2D eigenvalue weighted by atomic mass is 16.6. The molecule has 2 aromatic carbocycles. The first-order valence-corrected chi connectivity index (χ1v) is 7.57. The average Bonchev–Trinajstić information content (AvgIpc) is 2.63. The first-order chi connectivity index (χ1) is 12.5. The van der Waals surface area contributed by atoms with Gasteiger partial charge in [-0.05, 0) is 30.2 Å². The third kappa shape index (κ3) is 4.50. The van der Waals surface area contributed by atoms with E-state index in [-0.39, 0.29) is 22.9 Å². The van der Waals surface area contributed by atoms with E-state index >= 15 is 0 Å². The number of benzene rings is 2. The normalized spacial score (nSPS) is 9.92. The minimum atomic E-state index is -0.785. The van der Waals surface area contributed by atoms with Crippen molar-refractivity contribution < 1.29 is 23.9 Å². The van der Waals surface area contributed by atoms with Crippen LogP contribution in [0.25, 0.3) is 0 Å². The number of nitro benzene ring substituents is 1. The molecule has 0 radical (unpaired) electrons. The van der Waals surface area contributed by atoms with Crippen LogP contribution in [-0.4, -0.2) is 25.2 Å². The first-order valence-electron chi connectivity index (χ1n) is 7.57. The van der Waals surface area contributed by atoms with Gasteiger partial charge in [-0.25, -0.2) is 4.79 Å². The highest BCUT2D eigenvalue weighted by Crippen LogP contribution is 2.31. The summed E-state index contributed by atoms with van der Waals surface area (Å²) in [5.41, 5.74) is 1.05. The number of carbonyl (C=O) groups is 1. The molecule has 0 saturated heterocycles. The van der Waals surface area contributed by atoms with E-state index in [4.69, 9.17) is 14.2 Å². The molecule has 0 saturated carbocycles. The second-order valence-electron chi connectivity index (χ2n) is 5.13. The zero-order valence-electron chi connectivity index (χ0n) is 14.4. The number of amides is 1. The Hall–Kier alpha value is -3.55. The van der Waals surface area contributed by atoms with Gasteiger partial charge in [0.15, 0.2) is 11.5 Å². The van der Waals surface area contributed by atoms with E-state index in [1.807, 2.05) is 0 Å². The van der Waals surface area contributed by atoms with Gasteiger partial charge in [0.1, 0.15) is 5.75 Å². The van der Waals surface area contributed by atoms with Crippen molar-refractivity contribution in [3.05, 3.63) is 64.7 Å². The van der Waals surface area contributed by atoms with E-state index in [1.165, 1.54) is 32.4 Å². The lowest BCUT2D eigenvalue weighted by Gasteiger charge is -2.12. The van der Waals surface area contributed by atoms with Crippen LogP contribution in [0.2, 0.25) is 0 Å². The fraction of sp³-hybridized carbons (Fsp3) is 0.167. The zero-order valence-corrected chi connectivity index (χ0v) is 14.4. The molecule has 136 valence electrons. The Labute approximate surface area is 150 Å². The first kappa shape index (κ1) is 18.8. The number of methoxy groups -OCH3 is 2. The molecule has 26 heavy (non-hydrogen) atoms. The van der Waals surface area contributed by atoms with Gasteiger partial charge in [0.2, 0.25) is 0 Å². The standard InChI is InChI=1S/C18H18N2O6/c1-4-5-12-6-9-15(17(10-12)25-3)26-18(21)19-14-8-7-13(20(22)23)11-16(14)24-2/h4,6-11H,1,5H2,2-3H3,(H,19,21). The maximum absolute atomic E-state index is 12.2. The molecule has 0 spiro atoms. The number of ether oxygens (including phenoxy) is 3. The fourth-order valence-corrected chi connectivity index (χ4v) is 2.22. The number of nitrogens with one attached hydrogen (secondary N) is 1. The Kier molecular flexibility index (Phi) is 6.15. The molecule has 0 aliphatic rings. The van der Waals surface area contributed by atoms with Crippen LogP contribution in [0, 0.1) is 10.1 Å². The molecule has 0 aliphatic carbocycles. The molecule has 0 aromatic heterocycles. The van der Waals surface area contributed by atoms with Crippen LogP contribution in [0.4, 0.5) is 16.2 Å². The molecule has 8 nitrogen and oxygen atoms in total. The van der Waals surface area contributed by atoms with Crippen molar-refractivity contribution in [1.29, 1.82) is 0 Å². The fourth-order valence-electron chi connectivity index (χ4n) is 2.22. The van der Waals surface area contributed by atoms with Crippen molar-refractivity contribution >= 4 is 17.5 Å². The third-order valence-electron chi connectivity index (χ3n) is 3.44. The van der Waals surface area contributed by atoms with Gasteiger partial charge >= 0.3 is 6.09 Å². The highest BCUT2D eigenvalue weighted by molar-refractivity contribution is 5.88. The van der Waals surface area contributed by atoms with Crippen LogP contribution in [0.3, 0.4) is 0 Å². The summed E-state index contributed by atoms with van der Waals surface area (Å²) in [6.45, 7) is 3.67. The Morgan fingerprint density at radius 1 is 1.15 bits per heavy atom. The smallest absolute Gasteiger partial charge is 0.417 e. The quantitative estimate of drug-likeness (QED) is 0.457. The molecule has 2 rings (SSSR count). The number of nitrogens with zero attached hydrogens (tertiary/aromatic N) is 1. The minimum Gasteiger partial charge on any atom is -0.494 e. The van der Waals surface area contributed by atoms with Gasteiger partial charge in [0, 0.05) is 6.07 Å². The number of anilines is 1. The second kappa shape index (κ2) is 8.52. The lowest BCUT2D eigenvalue weighted by atomic mass is 10.1. The summed E-state index contributed by atoms with van der Waals surface area (Å²) in [5, 5.41) is 13.3. The Morgan fingerprint density at radius 2 is 1.88 bits per heavy atom. The Bertz CT molecular complexity index is 834. The Balaban J connectivity index is 2.16. The summed E-state index contributed by atoms with van der Waals surface area (Å²) in [5.74, 6) is 0.776. The predicted octanol–water partition coefficient (Wildman–Crippen LogP) is 3.95. The van der Waals surface area contributed by atoms with E-state index in [9.17, 15) is 14.9 Å². The van der Waals surface area contributed by atoms with Gasteiger partial charge in [-0.3, -0.25) is 15.4 Å². The molecule has 0 atom stereocenters. The molecule has 2 aromatic rings. The van der Waals surface area contributed by atoms with E-state index in [0.29, 0.717) is 12.2 Å². The van der Waals surface area contributed by atoms with Crippen molar-refractivity contribution in [2.75, 3.05) is 19.5 Å². The second-order valence-corrected chi connectivity index (χ2v) is 5.13. The van der Waals surface area contributed by atoms with Crippen LogP contribution in [0.1, 0.15) is 5.56 Å². The van der Waals surface area contributed by atoms with Crippen LogP contribution in [0.5, 0.6) is 17.2 Å². The summed E-state index contributed by atoms with van der Waals surface area (Å²) in [6.07, 6.45) is 1.62. The molecule has 1 amide bonds. The average molecular weight is 358 g/mol. The number of non-ortho nitro benzene ring substituents is 1. The molecule has 0 unspecified atom stereocenters. The predicted molar refractivity (Wildman–Crippen MR) is 96.2 cm³/mol. The molecule has 8 heteroatoms. The van der Waals surface area contributed by atoms with E-state index < -0.39 is 11.0 Å². The molecule has 1 N–H and O–H groups in total. The largest absolute Gasteiger partial charge is 0.494 e. The topological polar surface area (TPSA) is 99.9 Å². The molecular weight excluding hydrogens is 340 g/mol. The summed E-state index contributed by atoms with van der Waals surface area (Å²) >= 11 is 0. The van der Waals surface area contributed by atoms with Gasteiger partial charge in [-0.2, -0.15) is 0 Å². The minimum absolute atomic E-state index is 0.143. The van der Waals surface area contributed by atoms with Crippen molar-refractivity contribution in [1.82, 2.24) is 0 Å². The van der Waals surface area contributed by atoms with Crippen molar-refractivity contribution in [2.45, 2.75) is 6.42 Å². The Morgan fingerprint density at radius 3 is 2.50 bits per heavy atom. The zero-order chi connectivity index (χ0) is 19.1. The number of allylic oxidation sites excluding steroid dienone is 1. The molecule has 0 fully saturated rings. The number of hydrogen-bond donors (Lipinski definition) is 1. The van der Waals surface area contributed by atoms with Crippen molar-refractivity contribution in [3.8, 4) is 17.2 Å². The van der Waals surface area contributed by atoms with Crippen LogP contribution >= 0.6 is 0 Å². The number of hydrogen-bond acceptors (Lipinski definition) is 6. The van der Waals surface area contributed by atoms with E-state index in [1.54, 1.807) is 24.3 Å². The maximum Gasteiger partial charge on any atom is 0.417 e. The lowest BCUT2D eigenvalue weighted by Crippen LogP contribution is -2.17. The molecule has 0 bridgehead atoms. The van der Waals surface area contributed by atoms with Gasteiger partial charge in [0.25, 0.3) is 5.69 Å². The number of nitro groups is 1. The van der Waals surface area contributed by atoms with Crippen LogP contribution in [0.15, 0.2) is 49.1 Å². The van der Waals surface area contributed by atoms with Crippen LogP contribution in [-0.2, 0) is 6.42 Å². The summed E-state index contributed by atoms with van der Waals surface area (Å²) in [7, 11) is 2.81. The lowest BCUT2D eigenvalue weighted by molar-refractivity contribution is -0.384. The van der Waals surface area contributed by atoms with Gasteiger partial charge < -0.3 is 14.2 Å². The van der Waals surface area contributed by atoms with Gasteiger partial charge in [-0.15, -0.1) is 6.58 Å². The van der Waals surface area contributed by atoms with Crippen molar-refractivity contribution in [2.24, 2.45) is 0 Å². The molecule has 0 heterocycles. The molecule has 0 aliphatic heterocycles. The maximum atomic E-state index is 12.2. The SMILES string of the molecule is C=CCc1ccc(OC(=O)Nc2ccc([N+](=O)[O-])cc2OC)c(OC)c1.